The molecule has 0 spiro atoms. The first-order valence-corrected chi connectivity index (χ1v) is 6.12. The smallest absolute Gasteiger partial charge is 0.118 e. The number of hydrogen-bond donors (Lipinski definition) is 1. The highest BCUT2D eigenvalue weighted by Crippen LogP contribution is 2.35. The second kappa shape index (κ2) is 4.87. The molecule has 0 unspecified atom stereocenters. The van der Waals surface area contributed by atoms with Gasteiger partial charge in [-0.25, -0.2) is 0 Å². The van der Waals surface area contributed by atoms with Crippen LogP contribution in [0.1, 0.15) is 5.56 Å². The first-order chi connectivity index (χ1) is 7.76. The predicted octanol–water partition coefficient (Wildman–Crippen LogP) is 3.54. The zero-order valence-electron chi connectivity index (χ0n) is 8.87. The first-order valence-electron chi connectivity index (χ1n) is 4.86. The van der Waals surface area contributed by atoms with Crippen molar-refractivity contribution in [2.75, 3.05) is 7.11 Å². The van der Waals surface area contributed by atoms with E-state index >= 15 is 0 Å². The van der Waals surface area contributed by atoms with Crippen LogP contribution in [0.5, 0.6) is 5.75 Å². The minimum Gasteiger partial charge on any atom is -0.497 e. The van der Waals surface area contributed by atoms with Crippen LogP contribution < -0.4 is 10.5 Å². The van der Waals surface area contributed by atoms with E-state index in [1.54, 1.807) is 7.11 Å². The van der Waals surface area contributed by atoms with Crippen molar-refractivity contribution in [3.63, 3.8) is 0 Å². The van der Waals surface area contributed by atoms with E-state index in [2.05, 4.69) is 0 Å². The predicted molar refractivity (Wildman–Crippen MR) is 69.2 cm³/mol. The van der Waals surface area contributed by atoms with Gasteiger partial charge in [0.1, 0.15) is 5.75 Å². The number of benzene rings is 1. The van der Waals surface area contributed by atoms with Gasteiger partial charge in [-0.3, -0.25) is 0 Å². The molecule has 0 aliphatic carbocycles. The van der Waals surface area contributed by atoms with E-state index in [9.17, 15) is 0 Å². The van der Waals surface area contributed by atoms with Gasteiger partial charge in [-0.2, -0.15) is 0 Å². The summed E-state index contributed by atoms with van der Waals surface area (Å²) in [6, 6.07) is 7.88. The van der Waals surface area contributed by atoms with Crippen molar-refractivity contribution < 1.29 is 4.74 Å². The molecule has 1 aromatic carbocycles. The Hall–Kier alpha value is -1.03. The Bertz CT molecular complexity index is 478. The Balaban J connectivity index is 2.42. The summed E-state index contributed by atoms with van der Waals surface area (Å²) in [6.45, 7) is 0.462. The third-order valence-electron chi connectivity index (χ3n) is 2.45. The number of nitrogens with two attached hydrogens (primary N) is 1. The van der Waals surface area contributed by atoms with Crippen LogP contribution in [0.2, 0.25) is 4.34 Å². The lowest BCUT2D eigenvalue weighted by molar-refractivity contribution is 0.415. The van der Waals surface area contributed by atoms with Crippen LogP contribution in [0.3, 0.4) is 0 Å². The second-order valence-electron chi connectivity index (χ2n) is 3.33. The highest BCUT2D eigenvalue weighted by molar-refractivity contribution is 7.15. The number of methoxy groups -OCH3 is 1. The van der Waals surface area contributed by atoms with E-state index in [0.29, 0.717) is 6.54 Å². The lowest BCUT2D eigenvalue weighted by atomic mass is 10.0. The number of ether oxygens (including phenoxy) is 1. The molecule has 0 aliphatic rings. The Kier molecular flexibility index (Phi) is 3.49. The molecule has 84 valence electrons. The summed E-state index contributed by atoms with van der Waals surface area (Å²) in [5.74, 6) is 0.847. The van der Waals surface area contributed by atoms with Gasteiger partial charge in [0.25, 0.3) is 0 Å². The van der Waals surface area contributed by atoms with Gasteiger partial charge in [-0.05, 0) is 23.3 Å². The quantitative estimate of drug-likeness (QED) is 0.908. The number of thiophene rings is 1. The van der Waals surface area contributed by atoms with Gasteiger partial charge in [0, 0.05) is 17.5 Å². The van der Waals surface area contributed by atoms with Crippen LogP contribution in [0.25, 0.3) is 11.1 Å². The summed E-state index contributed by atoms with van der Waals surface area (Å²) in [4.78, 5) is 0. The lowest BCUT2D eigenvalue weighted by Crippen LogP contribution is -1.96. The van der Waals surface area contributed by atoms with Crippen molar-refractivity contribution in [2.45, 2.75) is 6.54 Å². The van der Waals surface area contributed by atoms with Gasteiger partial charge in [0.05, 0.1) is 11.4 Å². The van der Waals surface area contributed by atoms with Crippen LogP contribution in [-0.4, -0.2) is 7.11 Å². The van der Waals surface area contributed by atoms with Crippen molar-refractivity contribution in [1.82, 2.24) is 0 Å². The number of halogens is 1. The molecular weight excluding hydrogens is 242 g/mol. The van der Waals surface area contributed by atoms with Crippen LogP contribution in [0.4, 0.5) is 0 Å². The van der Waals surface area contributed by atoms with Crippen LogP contribution in [-0.2, 0) is 6.54 Å². The van der Waals surface area contributed by atoms with E-state index in [1.807, 2.05) is 29.6 Å². The molecule has 2 nitrogen and oxygen atoms in total. The average Bonchev–Trinajstić information content (AvgIpc) is 2.70. The van der Waals surface area contributed by atoms with Crippen LogP contribution >= 0.6 is 22.9 Å². The molecule has 0 amide bonds. The zero-order valence-corrected chi connectivity index (χ0v) is 10.4. The van der Waals surface area contributed by atoms with Crippen molar-refractivity contribution in [3.8, 4) is 16.9 Å². The zero-order chi connectivity index (χ0) is 11.5. The molecule has 0 saturated heterocycles. The van der Waals surface area contributed by atoms with E-state index in [-0.39, 0.29) is 0 Å². The summed E-state index contributed by atoms with van der Waals surface area (Å²) >= 11 is 7.58. The molecule has 0 bridgehead atoms. The summed E-state index contributed by atoms with van der Waals surface area (Å²) in [5.41, 5.74) is 8.92. The van der Waals surface area contributed by atoms with E-state index < -0.39 is 0 Å². The Labute approximate surface area is 104 Å². The fraction of sp³-hybridized carbons (Fsp3) is 0.167. The molecule has 0 saturated carbocycles. The van der Waals surface area contributed by atoms with Crippen molar-refractivity contribution in [1.29, 1.82) is 0 Å². The highest BCUT2D eigenvalue weighted by atomic mass is 35.5. The third-order valence-corrected chi connectivity index (χ3v) is 3.75. The maximum atomic E-state index is 6.07. The fourth-order valence-corrected chi connectivity index (χ4v) is 2.71. The van der Waals surface area contributed by atoms with Gasteiger partial charge >= 0.3 is 0 Å². The molecular formula is C12H12ClNOS. The Morgan fingerprint density at radius 2 is 2.00 bits per heavy atom. The van der Waals surface area contributed by atoms with Crippen molar-refractivity contribution in [3.05, 3.63) is 39.5 Å². The van der Waals surface area contributed by atoms with Gasteiger partial charge in [-0.15, -0.1) is 11.3 Å². The third kappa shape index (κ3) is 2.07. The van der Waals surface area contributed by atoms with Gasteiger partial charge in [-0.1, -0.05) is 23.7 Å². The SMILES string of the molecule is COc1ccc(-c2csc(Cl)c2CN)cc1. The van der Waals surface area contributed by atoms with Gasteiger partial charge < -0.3 is 10.5 Å². The Morgan fingerprint density at radius 1 is 1.31 bits per heavy atom. The molecule has 2 rings (SSSR count). The number of hydrogen-bond acceptors (Lipinski definition) is 3. The van der Waals surface area contributed by atoms with E-state index in [1.165, 1.54) is 11.3 Å². The molecule has 0 aliphatic heterocycles. The summed E-state index contributed by atoms with van der Waals surface area (Å²) in [5, 5.41) is 2.03. The van der Waals surface area contributed by atoms with Crippen LogP contribution in [0, 0.1) is 0 Å². The summed E-state index contributed by atoms with van der Waals surface area (Å²) in [7, 11) is 1.65. The second-order valence-corrected chi connectivity index (χ2v) is 4.82. The molecule has 2 aromatic rings. The molecule has 2 N–H and O–H groups in total. The molecule has 0 radical (unpaired) electrons. The summed E-state index contributed by atoms with van der Waals surface area (Å²) in [6.07, 6.45) is 0. The minimum absolute atomic E-state index is 0.462. The standard InChI is InChI=1S/C12H12ClNOS/c1-15-9-4-2-8(3-5-9)11-7-16-12(13)10(11)6-14/h2-5,7H,6,14H2,1H3. The normalized spacial score (nSPS) is 10.4. The molecule has 0 fully saturated rings. The molecule has 4 heteroatoms. The topological polar surface area (TPSA) is 35.2 Å². The minimum atomic E-state index is 0.462. The summed E-state index contributed by atoms with van der Waals surface area (Å²) < 4.78 is 5.89. The van der Waals surface area contributed by atoms with Gasteiger partial charge in [0.15, 0.2) is 0 Å². The number of rotatable bonds is 3. The molecule has 16 heavy (non-hydrogen) atoms. The Morgan fingerprint density at radius 3 is 2.56 bits per heavy atom. The van der Waals surface area contributed by atoms with Crippen molar-refractivity contribution >= 4 is 22.9 Å². The maximum Gasteiger partial charge on any atom is 0.118 e. The largest absolute Gasteiger partial charge is 0.497 e. The molecule has 1 aromatic heterocycles. The lowest BCUT2D eigenvalue weighted by Gasteiger charge is -2.04. The molecule has 1 heterocycles. The van der Waals surface area contributed by atoms with Gasteiger partial charge in [0.2, 0.25) is 0 Å². The first kappa shape index (κ1) is 11.5. The molecule has 0 atom stereocenters. The monoisotopic (exact) mass is 253 g/mol. The average molecular weight is 254 g/mol. The highest BCUT2D eigenvalue weighted by Gasteiger charge is 2.10. The van der Waals surface area contributed by atoms with E-state index in [4.69, 9.17) is 22.1 Å². The van der Waals surface area contributed by atoms with E-state index in [0.717, 1.165) is 26.8 Å². The maximum absolute atomic E-state index is 6.07. The fourth-order valence-electron chi connectivity index (χ4n) is 1.56. The van der Waals surface area contributed by atoms with Crippen molar-refractivity contribution in [2.24, 2.45) is 5.73 Å². The van der Waals surface area contributed by atoms with Crippen LogP contribution in [0.15, 0.2) is 29.6 Å².